The number of alkyl halides is 2. The van der Waals surface area contributed by atoms with Crippen molar-refractivity contribution < 1.29 is 36.6 Å². The van der Waals surface area contributed by atoms with Crippen LogP contribution in [0.25, 0.3) is 11.2 Å². The van der Waals surface area contributed by atoms with E-state index in [-0.39, 0.29) is 23.7 Å². The number of aromatic nitrogens is 4. The van der Waals surface area contributed by atoms with Crippen LogP contribution < -0.4 is 29.8 Å². The molecule has 5 rings (SSSR count). The summed E-state index contributed by atoms with van der Waals surface area (Å²) in [6.45, 7) is -0.271. The second kappa shape index (κ2) is 11.0. The largest absolute Gasteiger partial charge is 0.497 e. The third kappa shape index (κ3) is 5.87. The van der Waals surface area contributed by atoms with Gasteiger partial charge < -0.3 is 29.0 Å². The number of aromatic amines is 1. The van der Waals surface area contributed by atoms with Crippen LogP contribution in [-0.4, -0.2) is 52.4 Å². The molecule has 15 heteroatoms. The minimum atomic E-state index is -3.32. The molecule has 1 aliphatic heterocycles. The van der Waals surface area contributed by atoms with Crippen molar-refractivity contribution in [2.24, 2.45) is 0 Å². The Kier molecular flexibility index (Phi) is 7.51. The third-order valence-electron chi connectivity index (χ3n) is 5.73. The maximum atomic E-state index is 15.1. The number of H-pyrrole nitrogens is 1. The summed E-state index contributed by atoms with van der Waals surface area (Å²) < 4.78 is 64.6. The molecule has 0 aliphatic carbocycles. The van der Waals surface area contributed by atoms with Crippen molar-refractivity contribution in [2.45, 2.75) is 24.7 Å². The topological polar surface area (TPSA) is 145 Å². The van der Waals surface area contributed by atoms with Gasteiger partial charge in [-0.05, 0) is 48.5 Å². The van der Waals surface area contributed by atoms with Crippen molar-refractivity contribution in [3.05, 3.63) is 65.2 Å². The summed E-state index contributed by atoms with van der Waals surface area (Å²) in [4.78, 5) is 22.2. The zero-order valence-electron chi connectivity index (χ0n) is 20.7. The van der Waals surface area contributed by atoms with Gasteiger partial charge in [0.05, 0.1) is 33.3 Å². The number of hydrogen-bond donors (Lipinski definition) is 2. The van der Waals surface area contributed by atoms with E-state index in [9.17, 15) is 4.79 Å². The Morgan fingerprint density at radius 2 is 1.62 bits per heavy atom. The average Bonchev–Trinajstić information content (AvgIpc) is 3.47. The lowest BCUT2D eigenvalue weighted by molar-refractivity contribution is -0.115. The van der Waals surface area contributed by atoms with Gasteiger partial charge in [0.15, 0.2) is 11.2 Å². The standard InChI is InChI=1S/C24H24F2N5O7P/c1-33-14-3-7-16(8-4-14)37-39(38-17-9-5-15(34-2)6-10-17)35-12-18-11-24(25,26)22(36-18)31-13-28-19-20(31)29-23(27)30-21(19)32/h3-10,13,18,22H,11-12H2,1-2H3,(H3,27,29,30,32). The van der Waals surface area contributed by atoms with Crippen LogP contribution in [0.3, 0.4) is 0 Å². The third-order valence-corrected chi connectivity index (χ3v) is 6.81. The van der Waals surface area contributed by atoms with Crippen LogP contribution in [0.5, 0.6) is 23.0 Å². The van der Waals surface area contributed by atoms with E-state index in [1.165, 1.54) is 0 Å². The van der Waals surface area contributed by atoms with E-state index in [1.54, 1.807) is 62.8 Å². The molecule has 206 valence electrons. The van der Waals surface area contributed by atoms with Crippen LogP contribution >= 0.6 is 8.60 Å². The van der Waals surface area contributed by atoms with Gasteiger partial charge in [-0.2, -0.15) is 4.98 Å². The van der Waals surface area contributed by atoms with E-state index in [0.717, 1.165) is 10.9 Å². The molecule has 1 aliphatic rings. The van der Waals surface area contributed by atoms with Gasteiger partial charge in [0.1, 0.15) is 23.0 Å². The summed E-state index contributed by atoms with van der Waals surface area (Å²) in [5.74, 6) is -1.46. The Hall–Kier alpha value is -4.00. The van der Waals surface area contributed by atoms with Gasteiger partial charge in [-0.25, -0.2) is 13.8 Å². The highest BCUT2D eigenvalue weighted by atomic mass is 31.2. The number of benzene rings is 2. The van der Waals surface area contributed by atoms with Crippen LogP contribution in [0.4, 0.5) is 14.7 Å². The van der Waals surface area contributed by atoms with Crippen molar-refractivity contribution in [2.75, 3.05) is 26.6 Å². The van der Waals surface area contributed by atoms with E-state index in [4.69, 9.17) is 33.5 Å². The Bertz CT molecular complexity index is 1430. The first kappa shape index (κ1) is 26.6. The monoisotopic (exact) mass is 563 g/mol. The number of fused-ring (bicyclic) bond motifs is 1. The molecule has 2 unspecified atom stereocenters. The number of ether oxygens (including phenoxy) is 3. The minimum absolute atomic E-state index is 0.115. The lowest BCUT2D eigenvalue weighted by Crippen LogP contribution is -2.26. The molecule has 3 heterocycles. The number of anilines is 1. The number of hydrogen-bond acceptors (Lipinski definition) is 10. The molecule has 2 atom stereocenters. The molecular formula is C24H24F2N5O7P. The number of nitrogens with one attached hydrogen (secondary N) is 1. The van der Waals surface area contributed by atoms with Gasteiger partial charge in [0, 0.05) is 6.42 Å². The second-order valence-corrected chi connectivity index (χ2v) is 9.47. The summed E-state index contributed by atoms with van der Waals surface area (Å²) in [5.41, 5.74) is 4.70. The lowest BCUT2D eigenvalue weighted by atomic mass is 10.2. The van der Waals surface area contributed by atoms with Gasteiger partial charge in [0.25, 0.3) is 11.5 Å². The molecule has 3 N–H and O–H groups in total. The molecule has 0 radical (unpaired) electrons. The molecule has 2 aromatic heterocycles. The number of methoxy groups -OCH3 is 2. The van der Waals surface area contributed by atoms with Crippen molar-refractivity contribution in [1.29, 1.82) is 0 Å². The minimum Gasteiger partial charge on any atom is -0.497 e. The molecule has 12 nitrogen and oxygen atoms in total. The summed E-state index contributed by atoms with van der Waals surface area (Å²) in [6, 6.07) is 13.4. The SMILES string of the molecule is COc1ccc(OP(OCC2CC(F)(F)C(n3cnc4c(=O)[nH]c(N)nc43)O2)Oc2ccc(OC)cc2)cc1. The van der Waals surface area contributed by atoms with Gasteiger partial charge in [0.2, 0.25) is 12.2 Å². The maximum absolute atomic E-state index is 15.1. The van der Waals surface area contributed by atoms with E-state index in [2.05, 4.69) is 15.0 Å². The van der Waals surface area contributed by atoms with Gasteiger partial charge in [-0.15, -0.1) is 0 Å². The highest BCUT2D eigenvalue weighted by molar-refractivity contribution is 7.42. The van der Waals surface area contributed by atoms with Crippen molar-refractivity contribution in [3.8, 4) is 23.0 Å². The summed E-state index contributed by atoms with van der Waals surface area (Å²) >= 11 is 0. The van der Waals surface area contributed by atoms with Crippen LogP contribution in [0.2, 0.25) is 0 Å². The molecule has 0 spiro atoms. The number of nitrogens with two attached hydrogens (primary N) is 1. The normalized spacial score (nSPS) is 18.4. The van der Waals surface area contributed by atoms with E-state index in [1.807, 2.05) is 0 Å². The predicted molar refractivity (Wildman–Crippen MR) is 136 cm³/mol. The fraction of sp³-hybridized carbons (Fsp3) is 0.292. The first-order chi connectivity index (χ1) is 18.8. The molecule has 39 heavy (non-hydrogen) atoms. The Morgan fingerprint density at radius 3 is 2.18 bits per heavy atom. The molecule has 0 amide bonds. The highest BCUT2D eigenvalue weighted by Gasteiger charge is 2.52. The summed E-state index contributed by atoms with van der Waals surface area (Å²) in [7, 11) is 0.997. The Morgan fingerprint density at radius 1 is 1.05 bits per heavy atom. The van der Waals surface area contributed by atoms with Gasteiger partial charge in [-0.1, -0.05) is 0 Å². The number of rotatable bonds is 10. The molecular weight excluding hydrogens is 539 g/mol. The predicted octanol–water partition coefficient (Wildman–Crippen LogP) is 4.04. The fourth-order valence-corrected chi connectivity index (χ4v) is 4.90. The number of halogens is 2. The zero-order chi connectivity index (χ0) is 27.6. The second-order valence-electron chi connectivity index (χ2n) is 8.40. The van der Waals surface area contributed by atoms with Crippen LogP contribution in [0.15, 0.2) is 59.7 Å². The molecule has 2 aromatic carbocycles. The fourth-order valence-electron chi connectivity index (χ4n) is 3.88. The molecule has 1 fully saturated rings. The van der Waals surface area contributed by atoms with Crippen molar-refractivity contribution in [1.82, 2.24) is 19.5 Å². The average molecular weight is 563 g/mol. The van der Waals surface area contributed by atoms with Crippen molar-refractivity contribution in [3.63, 3.8) is 0 Å². The van der Waals surface area contributed by atoms with E-state index in [0.29, 0.717) is 23.0 Å². The maximum Gasteiger partial charge on any atom is 0.463 e. The number of nitrogen functional groups attached to an aromatic ring is 1. The quantitative estimate of drug-likeness (QED) is 0.271. The van der Waals surface area contributed by atoms with Gasteiger partial charge >= 0.3 is 8.60 Å². The first-order valence-electron chi connectivity index (χ1n) is 11.6. The van der Waals surface area contributed by atoms with Crippen LogP contribution in [0, 0.1) is 0 Å². The van der Waals surface area contributed by atoms with E-state index >= 15 is 8.78 Å². The molecule has 4 aromatic rings. The van der Waals surface area contributed by atoms with Crippen LogP contribution in [-0.2, 0) is 9.26 Å². The highest BCUT2D eigenvalue weighted by Crippen LogP contribution is 2.46. The zero-order valence-corrected chi connectivity index (χ0v) is 21.6. The van der Waals surface area contributed by atoms with Crippen molar-refractivity contribution >= 4 is 25.7 Å². The summed E-state index contributed by atoms with van der Waals surface area (Å²) in [5, 5.41) is 0. The van der Waals surface area contributed by atoms with E-state index < -0.39 is 38.8 Å². The lowest BCUT2D eigenvalue weighted by Gasteiger charge is -2.20. The first-order valence-corrected chi connectivity index (χ1v) is 12.7. The Labute approximate surface area is 221 Å². The molecule has 0 bridgehead atoms. The summed E-state index contributed by atoms with van der Waals surface area (Å²) in [6.07, 6.45) is -2.41. The Balaban J connectivity index is 1.31. The smallest absolute Gasteiger partial charge is 0.463 e. The number of nitrogens with zero attached hydrogens (tertiary/aromatic N) is 3. The number of imidazole rings is 1. The van der Waals surface area contributed by atoms with Crippen LogP contribution in [0.1, 0.15) is 12.6 Å². The molecule has 1 saturated heterocycles. The van der Waals surface area contributed by atoms with Gasteiger partial charge in [-0.3, -0.25) is 18.9 Å². The molecule has 0 saturated carbocycles.